The number of aryl methyl sites for hydroxylation is 1. The van der Waals surface area contributed by atoms with Crippen LogP contribution in [0.2, 0.25) is 0 Å². The number of nitrogens with zero attached hydrogens (tertiary/aromatic N) is 1. The van der Waals surface area contributed by atoms with Crippen LogP contribution in [0.3, 0.4) is 0 Å². The van der Waals surface area contributed by atoms with Gasteiger partial charge in [0.1, 0.15) is 0 Å². The molecule has 2 atom stereocenters. The summed E-state index contributed by atoms with van der Waals surface area (Å²) in [4.78, 5) is 14.2. The molecule has 0 radical (unpaired) electrons. The highest BCUT2D eigenvalue weighted by molar-refractivity contribution is 5.88. The van der Waals surface area contributed by atoms with E-state index in [1.807, 2.05) is 11.8 Å². The number of benzene rings is 1. The van der Waals surface area contributed by atoms with Crippen LogP contribution in [0.4, 0.5) is 0 Å². The normalized spacial score (nSPS) is 32.0. The van der Waals surface area contributed by atoms with Crippen LogP contribution < -0.4 is 5.73 Å². The highest BCUT2D eigenvalue weighted by Gasteiger charge is 2.43. The van der Waals surface area contributed by atoms with Crippen molar-refractivity contribution in [2.45, 2.75) is 37.8 Å². The molecule has 17 heavy (non-hydrogen) atoms. The standard InChI is InChI=1S/C14H18N2O/c1-14(15)8-9-16(13(14)17)12-7-6-10-4-2-3-5-11(10)12/h2-5,12H,6-9,15H2,1H3. The minimum Gasteiger partial charge on any atom is -0.334 e. The summed E-state index contributed by atoms with van der Waals surface area (Å²) in [6, 6.07) is 8.69. The van der Waals surface area contributed by atoms with Crippen molar-refractivity contribution < 1.29 is 4.79 Å². The molecule has 0 saturated carbocycles. The number of hydrogen-bond donors (Lipinski definition) is 1. The third-order valence-electron chi connectivity index (χ3n) is 4.10. The Morgan fingerprint density at radius 1 is 1.41 bits per heavy atom. The molecule has 1 amide bonds. The summed E-state index contributed by atoms with van der Waals surface area (Å²) in [6.45, 7) is 2.64. The summed E-state index contributed by atoms with van der Waals surface area (Å²) in [5.74, 6) is 0.110. The van der Waals surface area contributed by atoms with Crippen molar-refractivity contribution in [3.63, 3.8) is 0 Å². The SMILES string of the molecule is CC1(N)CCN(C2CCc3ccccc32)C1=O. The number of fused-ring (bicyclic) bond motifs is 1. The van der Waals surface area contributed by atoms with Crippen molar-refractivity contribution >= 4 is 5.91 Å². The molecule has 0 spiro atoms. The van der Waals surface area contributed by atoms with Crippen molar-refractivity contribution in [1.29, 1.82) is 0 Å². The first-order chi connectivity index (χ1) is 8.09. The Morgan fingerprint density at radius 3 is 2.88 bits per heavy atom. The number of likely N-dealkylation sites (tertiary alicyclic amines) is 1. The van der Waals surface area contributed by atoms with Gasteiger partial charge < -0.3 is 10.6 Å². The Morgan fingerprint density at radius 2 is 2.18 bits per heavy atom. The van der Waals surface area contributed by atoms with Gasteiger partial charge in [-0.05, 0) is 37.3 Å². The molecule has 1 aromatic carbocycles. The van der Waals surface area contributed by atoms with E-state index in [1.165, 1.54) is 11.1 Å². The molecule has 2 unspecified atom stereocenters. The minimum absolute atomic E-state index is 0.110. The van der Waals surface area contributed by atoms with E-state index >= 15 is 0 Å². The third-order valence-corrected chi connectivity index (χ3v) is 4.10. The quantitative estimate of drug-likeness (QED) is 0.797. The molecular weight excluding hydrogens is 212 g/mol. The van der Waals surface area contributed by atoms with Crippen LogP contribution in [0, 0.1) is 0 Å². The fourth-order valence-corrected chi connectivity index (χ4v) is 3.05. The summed E-state index contributed by atoms with van der Waals surface area (Å²) in [5, 5.41) is 0. The van der Waals surface area contributed by atoms with Crippen molar-refractivity contribution in [3.8, 4) is 0 Å². The molecule has 90 valence electrons. The lowest BCUT2D eigenvalue weighted by molar-refractivity contribution is -0.133. The van der Waals surface area contributed by atoms with Gasteiger partial charge in [0.15, 0.2) is 0 Å². The summed E-state index contributed by atoms with van der Waals surface area (Å²) in [5.41, 5.74) is 8.06. The predicted octanol–water partition coefficient (Wildman–Crippen LogP) is 1.62. The number of nitrogens with two attached hydrogens (primary N) is 1. The van der Waals surface area contributed by atoms with Crippen LogP contribution in [0.1, 0.15) is 36.9 Å². The van der Waals surface area contributed by atoms with Gasteiger partial charge in [-0.25, -0.2) is 0 Å². The molecule has 1 fully saturated rings. The minimum atomic E-state index is -0.655. The molecule has 1 aliphatic carbocycles. The van der Waals surface area contributed by atoms with Crippen molar-refractivity contribution in [1.82, 2.24) is 4.90 Å². The van der Waals surface area contributed by atoms with E-state index in [2.05, 4.69) is 24.3 Å². The molecule has 2 N–H and O–H groups in total. The maximum atomic E-state index is 12.2. The first-order valence-electron chi connectivity index (χ1n) is 6.27. The zero-order valence-corrected chi connectivity index (χ0v) is 10.1. The van der Waals surface area contributed by atoms with E-state index < -0.39 is 5.54 Å². The molecule has 1 saturated heterocycles. The number of carbonyl (C=O) groups is 1. The van der Waals surface area contributed by atoms with Gasteiger partial charge in [0.2, 0.25) is 5.91 Å². The van der Waals surface area contributed by atoms with Gasteiger partial charge in [-0.2, -0.15) is 0 Å². The monoisotopic (exact) mass is 230 g/mol. The first-order valence-corrected chi connectivity index (χ1v) is 6.27. The highest BCUT2D eigenvalue weighted by atomic mass is 16.2. The van der Waals surface area contributed by atoms with Gasteiger partial charge in [0.05, 0.1) is 11.6 Å². The second kappa shape index (κ2) is 3.57. The molecular formula is C14H18N2O. The Labute approximate surface area is 102 Å². The summed E-state index contributed by atoms with van der Waals surface area (Å²) in [7, 11) is 0. The molecule has 3 rings (SSSR count). The Kier molecular flexibility index (Phi) is 2.26. The van der Waals surface area contributed by atoms with Crippen molar-refractivity contribution in [2.75, 3.05) is 6.54 Å². The second-order valence-corrected chi connectivity index (χ2v) is 5.42. The zero-order valence-electron chi connectivity index (χ0n) is 10.1. The highest BCUT2D eigenvalue weighted by Crippen LogP contribution is 2.39. The lowest BCUT2D eigenvalue weighted by Gasteiger charge is -2.26. The van der Waals surface area contributed by atoms with Crippen LogP contribution in [0.15, 0.2) is 24.3 Å². The fourth-order valence-electron chi connectivity index (χ4n) is 3.05. The van der Waals surface area contributed by atoms with Crippen molar-refractivity contribution in [2.24, 2.45) is 5.73 Å². The van der Waals surface area contributed by atoms with Crippen LogP contribution in [0.5, 0.6) is 0 Å². The molecule has 1 aliphatic heterocycles. The molecule has 0 bridgehead atoms. The van der Waals surface area contributed by atoms with E-state index in [0.29, 0.717) is 0 Å². The van der Waals surface area contributed by atoms with E-state index in [0.717, 1.165) is 25.8 Å². The lowest BCUT2D eigenvalue weighted by atomic mass is 10.0. The summed E-state index contributed by atoms with van der Waals surface area (Å²) in [6.07, 6.45) is 2.89. The number of hydrogen-bond acceptors (Lipinski definition) is 2. The van der Waals surface area contributed by atoms with Crippen molar-refractivity contribution in [3.05, 3.63) is 35.4 Å². The van der Waals surface area contributed by atoms with Crippen LogP contribution in [0.25, 0.3) is 0 Å². The molecule has 0 aromatic heterocycles. The third kappa shape index (κ3) is 1.57. The summed E-state index contributed by atoms with van der Waals surface area (Å²) < 4.78 is 0. The number of carbonyl (C=O) groups excluding carboxylic acids is 1. The Balaban J connectivity index is 1.91. The number of amides is 1. The van der Waals surface area contributed by atoms with Gasteiger partial charge in [-0.1, -0.05) is 24.3 Å². The zero-order chi connectivity index (χ0) is 12.0. The van der Waals surface area contributed by atoms with Gasteiger partial charge in [-0.3, -0.25) is 4.79 Å². The van der Waals surface area contributed by atoms with Crippen LogP contribution >= 0.6 is 0 Å². The van der Waals surface area contributed by atoms with E-state index in [1.54, 1.807) is 0 Å². The van der Waals surface area contributed by atoms with Gasteiger partial charge in [0, 0.05) is 6.54 Å². The molecule has 1 aromatic rings. The number of rotatable bonds is 1. The van der Waals surface area contributed by atoms with E-state index in [9.17, 15) is 4.79 Å². The largest absolute Gasteiger partial charge is 0.334 e. The second-order valence-electron chi connectivity index (χ2n) is 5.42. The summed E-state index contributed by atoms with van der Waals surface area (Å²) >= 11 is 0. The van der Waals surface area contributed by atoms with E-state index in [4.69, 9.17) is 5.73 Å². The van der Waals surface area contributed by atoms with Gasteiger partial charge in [0.25, 0.3) is 0 Å². The molecule has 3 heteroatoms. The van der Waals surface area contributed by atoms with Gasteiger partial charge >= 0.3 is 0 Å². The Hall–Kier alpha value is -1.35. The van der Waals surface area contributed by atoms with Crippen LogP contribution in [-0.2, 0) is 11.2 Å². The topological polar surface area (TPSA) is 46.3 Å². The maximum absolute atomic E-state index is 12.2. The van der Waals surface area contributed by atoms with Gasteiger partial charge in [-0.15, -0.1) is 0 Å². The molecule has 3 nitrogen and oxygen atoms in total. The van der Waals surface area contributed by atoms with Crippen LogP contribution in [-0.4, -0.2) is 22.9 Å². The average Bonchev–Trinajstić information content (AvgIpc) is 2.83. The maximum Gasteiger partial charge on any atom is 0.242 e. The smallest absolute Gasteiger partial charge is 0.242 e. The fraction of sp³-hybridized carbons (Fsp3) is 0.500. The predicted molar refractivity (Wildman–Crippen MR) is 66.4 cm³/mol. The van der Waals surface area contributed by atoms with E-state index in [-0.39, 0.29) is 11.9 Å². The average molecular weight is 230 g/mol. The Bertz CT molecular complexity index is 467. The lowest BCUT2D eigenvalue weighted by Crippen LogP contribution is -2.45. The molecule has 2 aliphatic rings. The molecule has 1 heterocycles. The first kappa shape index (κ1) is 10.8.